The highest BCUT2D eigenvalue weighted by Crippen LogP contribution is 2.46. The van der Waals surface area contributed by atoms with Crippen LogP contribution in [-0.4, -0.2) is 114 Å². The molecule has 69 heavy (non-hydrogen) atoms. The highest BCUT2D eigenvalue weighted by Gasteiger charge is 2.41. The summed E-state index contributed by atoms with van der Waals surface area (Å²) in [5.74, 6) is 8.17. The first kappa shape index (κ1) is 52.2. The quantitative estimate of drug-likeness (QED) is 0.172. The van der Waals surface area contributed by atoms with E-state index in [2.05, 4.69) is 92.6 Å². The van der Waals surface area contributed by atoms with E-state index >= 15 is 0 Å². The molecule has 6 aliphatic rings. The molecule has 0 N–H and O–H groups in total. The zero-order chi connectivity index (χ0) is 49.7. The van der Waals surface area contributed by atoms with E-state index in [0.717, 1.165) is 112 Å². The van der Waals surface area contributed by atoms with Crippen LogP contribution in [0, 0.1) is 35.5 Å². The van der Waals surface area contributed by atoms with E-state index in [1.165, 1.54) is 33.4 Å². The van der Waals surface area contributed by atoms with Gasteiger partial charge in [0.05, 0.1) is 42.7 Å². The van der Waals surface area contributed by atoms with Gasteiger partial charge in [-0.25, -0.2) is 0 Å². The van der Waals surface area contributed by atoms with Crippen LogP contribution in [0.5, 0.6) is 34.5 Å². The molecule has 12 heteroatoms. The fourth-order valence-corrected chi connectivity index (χ4v) is 12.2. The summed E-state index contributed by atoms with van der Waals surface area (Å²) in [6.45, 7) is 18.9. The van der Waals surface area contributed by atoms with E-state index in [-0.39, 0.29) is 35.9 Å². The molecule has 12 nitrogen and oxygen atoms in total. The lowest BCUT2D eigenvalue weighted by Crippen LogP contribution is -2.46. The van der Waals surface area contributed by atoms with Gasteiger partial charge in [0.15, 0.2) is 34.5 Å². The Hall–Kier alpha value is -4.65. The summed E-state index contributed by atoms with van der Waals surface area (Å²) in [6, 6.07) is 13.1. The minimum absolute atomic E-state index is 0.202. The Kier molecular flexibility index (Phi) is 17.4. The maximum atomic E-state index is 12.6. The first-order chi connectivity index (χ1) is 33.1. The van der Waals surface area contributed by atoms with Gasteiger partial charge in [0.25, 0.3) is 0 Å². The molecule has 378 valence electrons. The first-order valence-corrected chi connectivity index (χ1v) is 25.6. The van der Waals surface area contributed by atoms with Crippen molar-refractivity contribution in [2.24, 2.45) is 35.5 Å². The number of piperidine rings is 3. The number of ether oxygens (including phenoxy) is 6. The van der Waals surface area contributed by atoms with E-state index in [4.69, 9.17) is 28.4 Å². The van der Waals surface area contributed by atoms with Crippen molar-refractivity contribution in [2.45, 2.75) is 117 Å². The van der Waals surface area contributed by atoms with Gasteiger partial charge in [-0.15, -0.1) is 0 Å². The molecule has 3 aromatic carbocycles. The molecule has 9 rings (SSSR count). The number of nitrogens with zero attached hydrogens (tertiary/aromatic N) is 3. The number of hydrogen-bond donors (Lipinski definition) is 0. The van der Waals surface area contributed by atoms with Crippen LogP contribution in [-0.2, 0) is 33.6 Å². The molecule has 0 saturated carbocycles. The summed E-state index contributed by atoms with van der Waals surface area (Å²) in [5, 5.41) is 0. The van der Waals surface area contributed by atoms with E-state index in [9.17, 15) is 14.4 Å². The number of carbonyl (C=O) groups excluding carboxylic acids is 3. The van der Waals surface area contributed by atoms with Crippen LogP contribution in [0.1, 0.15) is 132 Å². The summed E-state index contributed by atoms with van der Waals surface area (Å²) >= 11 is 0. The predicted octanol–water partition coefficient (Wildman–Crippen LogP) is 9.71. The summed E-state index contributed by atoms with van der Waals surface area (Å²) in [6.07, 6.45) is 7.90. The first-order valence-electron chi connectivity index (χ1n) is 25.6. The lowest BCUT2D eigenvalue weighted by molar-refractivity contribution is -0.130. The lowest BCUT2D eigenvalue weighted by atomic mass is 9.80. The molecule has 0 unspecified atom stereocenters. The third-order valence-electron chi connectivity index (χ3n) is 15.5. The average Bonchev–Trinajstić information content (AvgIpc) is 3.33. The zero-order valence-electron chi connectivity index (χ0n) is 43.8. The average molecular weight is 952 g/mol. The smallest absolute Gasteiger partial charge is 0.161 e. The number of hydrogen-bond acceptors (Lipinski definition) is 12. The van der Waals surface area contributed by atoms with E-state index in [0.29, 0.717) is 54.4 Å². The van der Waals surface area contributed by atoms with Gasteiger partial charge < -0.3 is 28.4 Å². The van der Waals surface area contributed by atoms with Crippen LogP contribution in [0.4, 0.5) is 0 Å². The highest BCUT2D eigenvalue weighted by atomic mass is 16.5. The van der Waals surface area contributed by atoms with Crippen molar-refractivity contribution in [2.75, 3.05) is 81.9 Å². The third-order valence-corrected chi connectivity index (χ3v) is 15.5. The Morgan fingerprint density at radius 2 is 0.638 bits per heavy atom. The molecule has 3 saturated heterocycles. The van der Waals surface area contributed by atoms with Crippen LogP contribution in [0.15, 0.2) is 36.4 Å². The Morgan fingerprint density at radius 3 is 0.855 bits per heavy atom. The normalized spacial score (nSPS) is 24.3. The van der Waals surface area contributed by atoms with Crippen molar-refractivity contribution in [1.29, 1.82) is 0 Å². The zero-order valence-corrected chi connectivity index (χ0v) is 43.8. The fourth-order valence-electron chi connectivity index (χ4n) is 12.2. The summed E-state index contributed by atoms with van der Waals surface area (Å²) in [4.78, 5) is 45.2. The Labute approximate surface area is 412 Å². The maximum absolute atomic E-state index is 12.6. The molecule has 0 aliphatic carbocycles. The van der Waals surface area contributed by atoms with Gasteiger partial charge in [0.1, 0.15) is 17.3 Å². The topological polar surface area (TPSA) is 116 Å². The van der Waals surface area contributed by atoms with Gasteiger partial charge in [-0.05, 0) is 126 Å². The van der Waals surface area contributed by atoms with Crippen molar-refractivity contribution in [3.8, 4) is 34.5 Å². The maximum Gasteiger partial charge on any atom is 0.161 e. The number of rotatable bonds is 12. The predicted molar refractivity (Wildman–Crippen MR) is 270 cm³/mol. The van der Waals surface area contributed by atoms with Gasteiger partial charge in [0.2, 0.25) is 0 Å². The molecule has 6 heterocycles. The van der Waals surface area contributed by atoms with Gasteiger partial charge in [-0.3, -0.25) is 29.1 Å². The third kappa shape index (κ3) is 11.8. The second-order valence-electron chi connectivity index (χ2n) is 21.5. The molecule has 0 bridgehead atoms. The molecule has 0 spiro atoms. The second-order valence-corrected chi connectivity index (χ2v) is 21.5. The van der Waals surface area contributed by atoms with Crippen LogP contribution in [0.2, 0.25) is 0 Å². The second kappa shape index (κ2) is 23.1. The SMILES string of the molecule is COc1cc2c(cc1OC)[C@@H]1CC(=O)[C@@H](CC(C)C)CN1CC2.COc1cc2c(cc1OC)[C@@H]1CC(=O)[C@@H](CC(C)C)CN1CC2.COc1cc2c(cc1OC)[C@@H]1CC(=O)[C@@H](CC(C)C)CN1CC2. The lowest BCUT2D eigenvalue weighted by Gasteiger charge is -2.43. The van der Waals surface area contributed by atoms with Gasteiger partial charge in [-0.1, -0.05) is 41.5 Å². The molecular weight excluding hydrogens is 871 g/mol. The van der Waals surface area contributed by atoms with Crippen molar-refractivity contribution in [3.63, 3.8) is 0 Å². The van der Waals surface area contributed by atoms with Crippen molar-refractivity contribution in [3.05, 3.63) is 69.8 Å². The number of carbonyl (C=O) groups is 3. The molecule has 6 aliphatic heterocycles. The monoisotopic (exact) mass is 952 g/mol. The number of methoxy groups -OCH3 is 6. The summed E-state index contributed by atoms with van der Waals surface area (Å²) in [7, 11) is 9.99. The fraction of sp³-hybridized carbons (Fsp3) is 0.632. The number of Topliss-reactive ketones (excluding diaryl/α,β-unsaturated/α-hetero) is 3. The molecule has 3 fully saturated rings. The Balaban J connectivity index is 0.000000153. The summed E-state index contributed by atoms with van der Waals surface area (Å²) in [5.41, 5.74) is 7.60. The van der Waals surface area contributed by atoms with Gasteiger partial charge >= 0.3 is 0 Å². The molecule has 0 amide bonds. The minimum Gasteiger partial charge on any atom is -0.493 e. The molecule has 0 radical (unpaired) electrons. The largest absolute Gasteiger partial charge is 0.493 e. The van der Waals surface area contributed by atoms with Crippen LogP contribution in [0.3, 0.4) is 0 Å². The molecule has 3 aromatic rings. The summed E-state index contributed by atoms with van der Waals surface area (Å²) < 4.78 is 32.6. The van der Waals surface area contributed by atoms with Crippen LogP contribution < -0.4 is 28.4 Å². The van der Waals surface area contributed by atoms with E-state index in [1.807, 2.05) is 0 Å². The highest BCUT2D eigenvalue weighted by molar-refractivity contribution is 5.84. The molecular formula is C57H81N3O9. The molecule has 0 aromatic heterocycles. The standard InChI is InChI=1S/3C19H27NO3/c3*1-12(2)7-14-11-20-6-5-13-8-18(22-3)19(23-4)9-15(13)16(20)10-17(14)21/h3*8-9,12,14,16H,5-7,10-11H2,1-4H3/t3*14-,16-/m000/s1. The van der Waals surface area contributed by atoms with Gasteiger partial charge in [0, 0.05) is 94.4 Å². The van der Waals surface area contributed by atoms with Crippen molar-refractivity contribution < 1.29 is 42.8 Å². The van der Waals surface area contributed by atoms with Gasteiger partial charge in [-0.2, -0.15) is 0 Å². The van der Waals surface area contributed by atoms with Crippen molar-refractivity contribution in [1.82, 2.24) is 14.7 Å². The van der Waals surface area contributed by atoms with E-state index < -0.39 is 0 Å². The van der Waals surface area contributed by atoms with Crippen molar-refractivity contribution >= 4 is 17.3 Å². The number of fused-ring (bicyclic) bond motifs is 9. The van der Waals surface area contributed by atoms with E-state index in [1.54, 1.807) is 42.7 Å². The molecule has 6 atom stereocenters. The number of benzene rings is 3. The van der Waals surface area contributed by atoms with Crippen LogP contribution in [0.25, 0.3) is 0 Å². The number of ketones is 3. The van der Waals surface area contributed by atoms with Crippen LogP contribution >= 0.6 is 0 Å². The Bertz CT molecular complexity index is 2040. The Morgan fingerprint density at radius 1 is 0.406 bits per heavy atom. The minimum atomic E-state index is 0.202.